The molecule has 70 heavy (non-hydrogen) atoms. The number of aliphatic hydroxyl groups excluding tert-OH is 2. The number of rotatable bonds is 60. The molecule has 0 heterocycles. The van der Waals surface area contributed by atoms with Crippen LogP contribution in [-0.2, 0) is 14.3 Å². The summed E-state index contributed by atoms with van der Waals surface area (Å²) in [4.78, 5) is 24.5. The number of ether oxygens (including phenoxy) is 1. The Kier molecular flexibility index (Phi) is 59.0. The molecule has 6 heteroatoms. The molecule has 2 unspecified atom stereocenters. The van der Waals surface area contributed by atoms with E-state index in [-0.39, 0.29) is 18.5 Å². The van der Waals surface area contributed by atoms with E-state index in [0.29, 0.717) is 25.9 Å². The molecule has 0 saturated heterocycles. The molecule has 0 aromatic heterocycles. The van der Waals surface area contributed by atoms with Crippen molar-refractivity contribution in [1.82, 2.24) is 5.32 Å². The average Bonchev–Trinajstić information content (AvgIpc) is 3.36. The molecule has 0 radical (unpaired) electrons. The zero-order chi connectivity index (χ0) is 50.7. The van der Waals surface area contributed by atoms with Crippen LogP contribution in [0.5, 0.6) is 0 Å². The van der Waals surface area contributed by atoms with Crippen molar-refractivity contribution in [2.75, 3.05) is 13.2 Å². The fourth-order valence-electron chi connectivity index (χ4n) is 10.2. The van der Waals surface area contributed by atoms with Crippen LogP contribution in [0.2, 0.25) is 0 Å². The van der Waals surface area contributed by atoms with Crippen LogP contribution in [0.15, 0.2) is 12.2 Å². The van der Waals surface area contributed by atoms with Gasteiger partial charge in [0.1, 0.15) is 0 Å². The molecular weight excluding hydrogens is 863 g/mol. The van der Waals surface area contributed by atoms with E-state index in [1.807, 2.05) is 0 Å². The first-order chi connectivity index (χ1) is 34.5. The van der Waals surface area contributed by atoms with Crippen LogP contribution >= 0.6 is 0 Å². The van der Waals surface area contributed by atoms with Crippen molar-refractivity contribution in [2.45, 2.75) is 373 Å². The second kappa shape index (κ2) is 60.2. The van der Waals surface area contributed by atoms with E-state index in [9.17, 15) is 19.8 Å². The number of esters is 1. The SMILES string of the molecule is CCCCCCCCCCCCCCCCC(O)C(CO)NC(=O)CCCCCCCCCCCCC/C=C\CCCCCCCCCCCCCCOC(=O)CCCCCCCCCCCCCC. The van der Waals surface area contributed by atoms with Gasteiger partial charge in [-0.3, -0.25) is 9.59 Å². The van der Waals surface area contributed by atoms with Crippen LogP contribution in [0.1, 0.15) is 361 Å². The monoisotopic (exact) mass is 988 g/mol. The molecule has 3 N–H and O–H groups in total. The van der Waals surface area contributed by atoms with Crippen LogP contribution in [-0.4, -0.2) is 47.4 Å². The molecule has 0 aliphatic heterocycles. The van der Waals surface area contributed by atoms with Crippen molar-refractivity contribution in [3.63, 3.8) is 0 Å². The second-order valence-corrected chi connectivity index (χ2v) is 22.1. The van der Waals surface area contributed by atoms with Gasteiger partial charge in [0.05, 0.1) is 25.4 Å². The lowest BCUT2D eigenvalue weighted by atomic mass is 10.0. The Morgan fingerprint density at radius 3 is 1.01 bits per heavy atom. The van der Waals surface area contributed by atoms with Crippen molar-refractivity contribution in [1.29, 1.82) is 0 Å². The van der Waals surface area contributed by atoms with Crippen LogP contribution in [0, 0.1) is 0 Å². The van der Waals surface area contributed by atoms with Crippen LogP contribution in [0.3, 0.4) is 0 Å². The van der Waals surface area contributed by atoms with Gasteiger partial charge >= 0.3 is 5.97 Å². The van der Waals surface area contributed by atoms with Crippen LogP contribution in [0.4, 0.5) is 0 Å². The number of amides is 1. The summed E-state index contributed by atoms with van der Waals surface area (Å²) in [7, 11) is 0. The highest BCUT2D eigenvalue weighted by Gasteiger charge is 2.20. The maximum absolute atomic E-state index is 12.5. The zero-order valence-electron chi connectivity index (χ0n) is 47.5. The molecule has 2 atom stereocenters. The summed E-state index contributed by atoms with van der Waals surface area (Å²) in [5.74, 6) is -0.0171. The highest BCUT2D eigenvalue weighted by Crippen LogP contribution is 2.18. The molecule has 416 valence electrons. The van der Waals surface area contributed by atoms with Crippen molar-refractivity contribution in [3.05, 3.63) is 12.2 Å². The van der Waals surface area contributed by atoms with E-state index < -0.39 is 12.1 Å². The Labute approximate surface area is 438 Å². The van der Waals surface area contributed by atoms with Crippen LogP contribution < -0.4 is 5.32 Å². The summed E-state index contributed by atoms with van der Waals surface area (Å²) in [5.41, 5.74) is 0. The first-order valence-electron chi connectivity index (χ1n) is 31.9. The maximum atomic E-state index is 12.5. The van der Waals surface area contributed by atoms with E-state index in [1.54, 1.807) is 0 Å². The van der Waals surface area contributed by atoms with Crippen LogP contribution in [0.25, 0.3) is 0 Å². The third-order valence-electron chi connectivity index (χ3n) is 15.1. The molecule has 0 aliphatic carbocycles. The van der Waals surface area contributed by atoms with Crippen molar-refractivity contribution in [3.8, 4) is 0 Å². The normalized spacial score (nSPS) is 12.6. The van der Waals surface area contributed by atoms with Gasteiger partial charge in [-0.2, -0.15) is 0 Å². The lowest BCUT2D eigenvalue weighted by Crippen LogP contribution is -2.45. The average molecular weight is 989 g/mol. The quantitative estimate of drug-likeness (QED) is 0.0321. The molecule has 0 bridgehead atoms. The number of hydrogen-bond acceptors (Lipinski definition) is 5. The molecule has 0 saturated carbocycles. The standard InChI is InChI=1S/C64H125NO5/c1-3-5-7-9-11-13-15-17-33-36-40-44-48-52-56-62(67)61(60-66)65-63(68)57-53-49-45-41-37-34-31-29-27-25-23-21-19-18-20-22-24-26-28-30-32-35-39-43-47-51-55-59-70-64(69)58-54-50-46-42-38-16-14-12-10-8-6-4-2/h18-19,61-62,66-67H,3-17,20-60H2,1-2H3,(H,65,68)/b19-18-. The lowest BCUT2D eigenvalue weighted by Gasteiger charge is -2.22. The molecule has 0 rings (SSSR count). The number of carbonyl (C=O) groups is 2. The van der Waals surface area contributed by atoms with E-state index in [0.717, 1.165) is 38.5 Å². The number of hydrogen-bond donors (Lipinski definition) is 3. The summed E-state index contributed by atoms with van der Waals surface area (Å²) in [5, 5.41) is 23.3. The highest BCUT2D eigenvalue weighted by molar-refractivity contribution is 5.76. The number of aliphatic hydroxyl groups is 2. The minimum absolute atomic E-state index is 0.0164. The molecule has 0 aliphatic rings. The van der Waals surface area contributed by atoms with Gasteiger partial charge in [0, 0.05) is 12.8 Å². The van der Waals surface area contributed by atoms with Crippen molar-refractivity contribution >= 4 is 11.9 Å². The van der Waals surface area contributed by atoms with Gasteiger partial charge in [0.2, 0.25) is 5.91 Å². The molecule has 6 nitrogen and oxygen atoms in total. The van der Waals surface area contributed by atoms with Gasteiger partial charge in [0.15, 0.2) is 0 Å². The number of unbranched alkanes of at least 4 members (excludes halogenated alkanes) is 47. The summed E-state index contributed by atoms with van der Waals surface area (Å²) >= 11 is 0. The summed E-state index contributed by atoms with van der Waals surface area (Å²) in [6, 6.07) is -0.541. The van der Waals surface area contributed by atoms with Gasteiger partial charge < -0.3 is 20.3 Å². The Morgan fingerprint density at radius 2 is 0.671 bits per heavy atom. The van der Waals surface area contributed by atoms with Gasteiger partial charge in [0.25, 0.3) is 0 Å². The van der Waals surface area contributed by atoms with Gasteiger partial charge in [-0.25, -0.2) is 0 Å². The van der Waals surface area contributed by atoms with Gasteiger partial charge in [-0.1, -0.05) is 309 Å². The van der Waals surface area contributed by atoms with Gasteiger partial charge in [-0.15, -0.1) is 0 Å². The van der Waals surface area contributed by atoms with E-state index in [1.165, 1.54) is 289 Å². The fraction of sp³-hybridized carbons (Fsp3) is 0.938. The van der Waals surface area contributed by atoms with E-state index in [4.69, 9.17) is 4.74 Å². The fourth-order valence-corrected chi connectivity index (χ4v) is 10.2. The summed E-state index contributed by atoms with van der Waals surface area (Å²) in [6.45, 7) is 4.98. The highest BCUT2D eigenvalue weighted by atomic mass is 16.5. The summed E-state index contributed by atoms with van der Waals surface area (Å²) < 4.78 is 5.48. The third-order valence-corrected chi connectivity index (χ3v) is 15.1. The molecule has 0 fully saturated rings. The largest absolute Gasteiger partial charge is 0.466 e. The summed E-state index contributed by atoms with van der Waals surface area (Å²) in [6.07, 6.45) is 72.3. The topological polar surface area (TPSA) is 95.9 Å². The van der Waals surface area contributed by atoms with Crippen molar-refractivity contribution in [2.24, 2.45) is 0 Å². The zero-order valence-corrected chi connectivity index (χ0v) is 47.5. The number of carbonyl (C=O) groups excluding carboxylic acids is 2. The molecule has 0 spiro atoms. The Hall–Kier alpha value is -1.40. The Balaban J connectivity index is 3.37. The predicted octanol–water partition coefficient (Wildman–Crippen LogP) is 20.0. The third kappa shape index (κ3) is 55.9. The molecule has 1 amide bonds. The second-order valence-electron chi connectivity index (χ2n) is 22.1. The molecule has 0 aromatic carbocycles. The smallest absolute Gasteiger partial charge is 0.305 e. The van der Waals surface area contributed by atoms with Crippen molar-refractivity contribution < 1.29 is 24.5 Å². The minimum Gasteiger partial charge on any atom is -0.466 e. The Morgan fingerprint density at radius 1 is 0.386 bits per heavy atom. The molecular formula is C64H125NO5. The first-order valence-corrected chi connectivity index (χ1v) is 31.9. The lowest BCUT2D eigenvalue weighted by molar-refractivity contribution is -0.143. The maximum Gasteiger partial charge on any atom is 0.305 e. The Bertz CT molecular complexity index is 1050. The first kappa shape index (κ1) is 68.6. The van der Waals surface area contributed by atoms with Gasteiger partial charge in [-0.05, 0) is 51.4 Å². The molecule has 0 aromatic rings. The number of nitrogens with one attached hydrogen (secondary N) is 1. The van der Waals surface area contributed by atoms with E-state index >= 15 is 0 Å². The predicted molar refractivity (Wildman–Crippen MR) is 306 cm³/mol. The number of allylic oxidation sites excluding steroid dienone is 2. The van der Waals surface area contributed by atoms with E-state index in [2.05, 4.69) is 31.3 Å². The minimum atomic E-state index is -0.663.